The Bertz CT molecular complexity index is 900. The number of hydrogen-bond acceptors (Lipinski definition) is 4. The molecule has 25 heavy (non-hydrogen) atoms. The lowest BCUT2D eigenvalue weighted by Crippen LogP contribution is -2.44. The van der Waals surface area contributed by atoms with Crippen LogP contribution in [0.3, 0.4) is 0 Å². The van der Waals surface area contributed by atoms with Gasteiger partial charge in [-0.3, -0.25) is 15.0 Å². The minimum absolute atomic E-state index is 0.207. The van der Waals surface area contributed by atoms with E-state index in [1.807, 2.05) is 0 Å². The fraction of sp³-hybridized carbons (Fsp3) is 0. The summed E-state index contributed by atoms with van der Waals surface area (Å²) in [6, 6.07) is 12.6. The zero-order chi connectivity index (χ0) is 18.0. The van der Waals surface area contributed by atoms with E-state index in [2.05, 4.69) is 21.4 Å². The summed E-state index contributed by atoms with van der Waals surface area (Å²) in [5.74, 6) is -1.30. The van der Waals surface area contributed by atoms with Crippen LogP contribution in [0.1, 0.15) is 15.9 Å². The van der Waals surface area contributed by atoms with Crippen LogP contribution >= 0.6 is 39.9 Å². The van der Waals surface area contributed by atoms with E-state index < -0.39 is 17.6 Å². The van der Waals surface area contributed by atoms with Gasteiger partial charge in [0.15, 0.2) is 4.32 Å². The first-order valence-electron chi connectivity index (χ1n) is 7.04. The molecule has 4 nitrogen and oxygen atoms in total. The second-order valence-corrected chi connectivity index (χ2v) is 7.61. The van der Waals surface area contributed by atoms with Crippen molar-refractivity contribution in [3.63, 3.8) is 0 Å². The summed E-state index contributed by atoms with van der Waals surface area (Å²) < 4.78 is 14.3. The summed E-state index contributed by atoms with van der Waals surface area (Å²) in [6.07, 6.45) is 1.54. The number of rotatable bonds is 3. The molecule has 0 aliphatic carbocycles. The largest absolute Gasteiger partial charge is 0.285 e. The van der Waals surface area contributed by atoms with E-state index in [0.717, 1.165) is 21.2 Å². The van der Waals surface area contributed by atoms with Gasteiger partial charge < -0.3 is 0 Å². The number of hydrogen-bond donors (Lipinski definition) is 1. The molecule has 126 valence electrons. The first-order valence-corrected chi connectivity index (χ1v) is 9.06. The summed E-state index contributed by atoms with van der Waals surface area (Å²) >= 11 is 9.49. The van der Waals surface area contributed by atoms with Gasteiger partial charge in [-0.1, -0.05) is 39.8 Å². The van der Waals surface area contributed by atoms with Gasteiger partial charge in [-0.15, -0.1) is 0 Å². The third kappa shape index (κ3) is 4.15. The number of hydrazine groups is 1. The molecule has 3 rings (SSSR count). The molecular weight excluding hydrogens is 427 g/mol. The van der Waals surface area contributed by atoms with Crippen molar-refractivity contribution in [3.8, 4) is 0 Å². The molecule has 0 radical (unpaired) electrons. The topological polar surface area (TPSA) is 49.4 Å². The second-order valence-electron chi connectivity index (χ2n) is 5.02. The third-order valence-corrected chi connectivity index (χ3v) is 5.09. The van der Waals surface area contributed by atoms with E-state index in [1.54, 1.807) is 36.4 Å². The van der Waals surface area contributed by atoms with Crippen molar-refractivity contribution >= 4 is 62.1 Å². The normalized spacial score (nSPS) is 15.8. The van der Waals surface area contributed by atoms with Crippen LogP contribution in [-0.2, 0) is 4.79 Å². The highest BCUT2D eigenvalue weighted by molar-refractivity contribution is 9.10. The van der Waals surface area contributed by atoms with Crippen LogP contribution in [0.25, 0.3) is 6.08 Å². The molecule has 0 bridgehead atoms. The van der Waals surface area contributed by atoms with Crippen LogP contribution in [-0.4, -0.2) is 21.1 Å². The van der Waals surface area contributed by atoms with Gasteiger partial charge in [0.1, 0.15) is 5.82 Å². The Labute approximate surface area is 161 Å². The van der Waals surface area contributed by atoms with Crippen molar-refractivity contribution in [3.05, 3.63) is 74.9 Å². The Morgan fingerprint density at radius 3 is 2.64 bits per heavy atom. The Morgan fingerprint density at radius 1 is 1.24 bits per heavy atom. The van der Waals surface area contributed by atoms with Crippen molar-refractivity contribution in [1.29, 1.82) is 0 Å². The Morgan fingerprint density at radius 2 is 1.96 bits per heavy atom. The van der Waals surface area contributed by atoms with E-state index in [4.69, 9.17) is 12.2 Å². The number of halogens is 2. The van der Waals surface area contributed by atoms with Gasteiger partial charge in [0.25, 0.3) is 11.8 Å². The van der Waals surface area contributed by atoms with Gasteiger partial charge >= 0.3 is 0 Å². The van der Waals surface area contributed by atoms with Gasteiger partial charge in [-0.25, -0.2) is 4.39 Å². The second kappa shape index (κ2) is 7.47. The molecule has 1 saturated heterocycles. The lowest BCUT2D eigenvalue weighted by atomic mass is 10.2. The standard InChI is InChI=1S/C17H10BrFN2O2S2/c18-12-6-4-11(5-7-12)15(22)20-21-16(23)14(25-17(21)24)9-10-2-1-3-13(19)8-10/h1-9H,(H,20,22)/b14-9-. The summed E-state index contributed by atoms with van der Waals surface area (Å²) in [5.41, 5.74) is 3.43. The van der Waals surface area contributed by atoms with E-state index in [-0.39, 0.29) is 4.32 Å². The maximum atomic E-state index is 13.3. The Kier molecular flexibility index (Phi) is 5.31. The molecule has 0 saturated carbocycles. The summed E-state index contributed by atoms with van der Waals surface area (Å²) in [5, 5.41) is 1.02. The van der Waals surface area contributed by atoms with E-state index in [1.165, 1.54) is 18.2 Å². The average Bonchev–Trinajstić information content (AvgIpc) is 2.83. The zero-order valence-electron chi connectivity index (χ0n) is 12.5. The van der Waals surface area contributed by atoms with Gasteiger partial charge in [-0.05, 0) is 60.3 Å². The Balaban J connectivity index is 1.77. The van der Waals surface area contributed by atoms with Crippen molar-refractivity contribution < 1.29 is 14.0 Å². The molecule has 1 aliphatic rings. The molecule has 1 fully saturated rings. The number of amides is 2. The zero-order valence-corrected chi connectivity index (χ0v) is 15.8. The molecule has 1 N–H and O–H groups in total. The van der Waals surface area contributed by atoms with Crippen LogP contribution in [0, 0.1) is 5.82 Å². The van der Waals surface area contributed by atoms with Crippen LogP contribution in [0.15, 0.2) is 57.9 Å². The van der Waals surface area contributed by atoms with Crippen LogP contribution < -0.4 is 5.43 Å². The van der Waals surface area contributed by atoms with E-state index in [9.17, 15) is 14.0 Å². The highest BCUT2D eigenvalue weighted by atomic mass is 79.9. The number of carbonyl (C=O) groups is 2. The van der Waals surface area contributed by atoms with Gasteiger partial charge in [0.05, 0.1) is 4.91 Å². The molecule has 2 amide bonds. The summed E-state index contributed by atoms with van der Waals surface area (Å²) in [7, 11) is 0. The number of carbonyl (C=O) groups excluding carboxylic acids is 2. The highest BCUT2D eigenvalue weighted by Gasteiger charge is 2.33. The number of thiocarbonyl (C=S) groups is 1. The molecule has 1 aliphatic heterocycles. The van der Waals surface area contributed by atoms with Crippen LogP contribution in [0.4, 0.5) is 4.39 Å². The molecule has 0 aromatic heterocycles. The van der Waals surface area contributed by atoms with Crippen molar-refractivity contribution in [2.45, 2.75) is 0 Å². The quantitative estimate of drug-likeness (QED) is 0.580. The molecular formula is C17H10BrFN2O2S2. The number of nitrogens with one attached hydrogen (secondary N) is 1. The minimum Gasteiger partial charge on any atom is -0.267 e. The Hall–Kier alpha value is -2.03. The van der Waals surface area contributed by atoms with Gasteiger partial charge in [0.2, 0.25) is 0 Å². The van der Waals surface area contributed by atoms with E-state index >= 15 is 0 Å². The van der Waals surface area contributed by atoms with Gasteiger partial charge in [-0.2, -0.15) is 5.01 Å². The molecule has 0 atom stereocenters. The van der Waals surface area contributed by atoms with Crippen molar-refractivity contribution in [2.24, 2.45) is 0 Å². The molecule has 0 spiro atoms. The number of nitrogens with zero attached hydrogens (tertiary/aromatic N) is 1. The molecule has 8 heteroatoms. The van der Waals surface area contributed by atoms with Crippen molar-refractivity contribution in [2.75, 3.05) is 0 Å². The fourth-order valence-electron chi connectivity index (χ4n) is 2.08. The summed E-state index contributed by atoms with van der Waals surface area (Å²) in [6.45, 7) is 0. The first-order chi connectivity index (χ1) is 11.9. The third-order valence-electron chi connectivity index (χ3n) is 3.26. The number of benzene rings is 2. The predicted molar refractivity (Wildman–Crippen MR) is 103 cm³/mol. The fourth-order valence-corrected chi connectivity index (χ4v) is 3.52. The lowest BCUT2D eigenvalue weighted by Gasteiger charge is -2.15. The van der Waals surface area contributed by atoms with Crippen LogP contribution in [0.2, 0.25) is 0 Å². The first kappa shape index (κ1) is 17.8. The molecule has 2 aromatic rings. The van der Waals surface area contributed by atoms with Gasteiger partial charge in [0, 0.05) is 10.0 Å². The SMILES string of the molecule is O=C(NN1C(=O)/C(=C/c2cccc(F)c2)SC1=S)c1ccc(Br)cc1. The number of thioether (sulfide) groups is 1. The minimum atomic E-state index is -0.454. The molecule has 1 heterocycles. The predicted octanol–water partition coefficient (Wildman–Crippen LogP) is 4.13. The highest BCUT2D eigenvalue weighted by Crippen LogP contribution is 2.31. The smallest absolute Gasteiger partial charge is 0.267 e. The van der Waals surface area contributed by atoms with Crippen LogP contribution in [0.5, 0.6) is 0 Å². The van der Waals surface area contributed by atoms with Crippen molar-refractivity contribution in [1.82, 2.24) is 10.4 Å². The molecule has 0 unspecified atom stereocenters. The molecule has 2 aromatic carbocycles. The summed E-state index contributed by atoms with van der Waals surface area (Å²) in [4.78, 5) is 25.0. The maximum Gasteiger partial charge on any atom is 0.285 e. The lowest BCUT2D eigenvalue weighted by molar-refractivity contribution is -0.123. The van der Waals surface area contributed by atoms with E-state index in [0.29, 0.717) is 16.0 Å². The monoisotopic (exact) mass is 436 g/mol. The maximum absolute atomic E-state index is 13.3. The average molecular weight is 437 g/mol.